The summed E-state index contributed by atoms with van der Waals surface area (Å²) in [6.07, 6.45) is -0.888. The summed E-state index contributed by atoms with van der Waals surface area (Å²) in [5.41, 5.74) is 0.952. The molecule has 1 unspecified atom stereocenters. The number of anilines is 2. The van der Waals surface area contributed by atoms with Crippen LogP contribution < -0.4 is 19.7 Å². The minimum Gasteiger partial charge on any atom is -0.482 e. The van der Waals surface area contributed by atoms with Crippen LogP contribution in [-0.4, -0.2) is 24.5 Å². The van der Waals surface area contributed by atoms with Crippen LogP contribution in [0.5, 0.6) is 11.5 Å². The summed E-state index contributed by atoms with van der Waals surface area (Å²) in [7, 11) is 0. The molecule has 0 spiro atoms. The zero-order chi connectivity index (χ0) is 24.4. The van der Waals surface area contributed by atoms with Crippen LogP contribution in [0.1, 0.15) is 12.5 Å². The zero-order valence-corrected chi connectivity index (χ0v) is 20.0. The van der Waals surface area contributed by atoms with Crippen molar-refractivity contribution in [2.75, 3.05) is 16.8 Å². The number of nitrogens with one attached hydrogen (secondary N) is 1. The van der Waals surface area contributed by atoms with Crippen molar-refractivity contribution in [1.82, 2.24) is 0 Å². The number of carbonyl (C=O) groups is 2. The highest BCUT2D eigenvalue weighted by atomic mass is 35.5. The van der Waals surface area contributed by atoms with Crippen LogP contribution in [0, 0.1) is 5.82 Å². The number of rotatable bonds is 6. The zero-order valence-electron chi connectivity index (χ0n) is 17.8. The molecule has 0 aliphatic carbocycles. The normalized spacial score (nSPS) is 13.7. The van der Waals surface area contributed by atoms with Gasteiger partial charge in [-0.15, -0.1) is 0 Å². The van der Waals surface area contributed by atoms with Gasteiger partial charge in [-0.3, -0.25) is 9.59 Å². The summed E-state index contributed by atoms with van der Waals surface area (Å²) < 4.78 is 25.5. The third-order valence-corrected chi connectivity index (χ3v) is 6.00. The van der Waals surface area contributed by atoms with Gasteiger partial charge in [0.15, 0.2) is 12.7 Å². The lowest BCUT2D eigenvalue weighted by molar-refractivity contribution is -0.122. The molecule has 0 bridgehead atoms. The van der Waals surface area contributed by atoms with E-state index >= 15 is 0 Å². The molecule has 1 atom stereocenters. The first-order valence-electron chi connectivity index (χ1n) is 10.2. The number of hydrogen-bond acceptors (Lipinski definition) is 4. The summed E-state index contributed by atoms with van der Waals surface area (Å²) in [5, 5.41) is 3.67. The molecule has 176 valence electrons. The highest BCUT2D eigenvalue weighted by Gasteiger charge is 2.28. The van der Waals surface area contributed by atoms with Crippen LogP contribution in [-0.2, 0) is 16.1 Å². The van der Waals surface area contributed by atoms with Crippen LogP contribution in [0.15, 0.2) is 54.6 Å². The van der Waals surface area contributed by atoms with Gasteiger partial charge in [-0.05, 0) is 55.5 Å². The maximum Gasteiger partial charge on any atom is 0.265 e. The molecule has 0 saturated carbocycles. The van der Waals surface area contributed by atoms with E-state index in [4.69, 9.17) is 44.3 Å². The number of hydrogen-bond donors (Lipinski definition) is 1. The van der Waals surface area contributed by atoms with E-state index in [0.717, 1.165) is 0 Å². The van der Waals surface area contributed by atoms with Crippen LogP contribution in [0.2, 0.25) is 15.1 Å². The Morgan fingerprint density at radius 1 is 1.15 bits per heavy atom. The Labute approximate surface area is 210 Å². The lowest BCUT2D eigenvalue weighted by Crippen LogP contribution is -2.38. The van der Waals surface area contributed by atoms with Gasteiger partial charge in [0.25, 0.3) is 11.8 Å². The second-order valence-electron chi connectivity index (χ2n) is 7.48. The van der Waals surface area contributed by atoms with E-state index in [9.17, 15) is 14.0 Å². The number of nitrogens with zero attached hydrogens (tertiary/aromatic N) is 1. The molecule has 3 aromatic rings. The molecule has 0 saturated heterocycles. The van der Waals surface area contributed by atoms with Crippen LogP contribution >= 0.6 is 34.8 Å². The Bertz CT molecular complexity index is 1250. The molecule has 2 amide bonds. The minimum atomic E-state index is -0.888. The van der Waals surface area contributed by atoms with Gasteiger partial charge in [0.2, 0.25) is 0 Å². The fraction of sp³-hybridized carbons (Fsp3) is 0.167. The second kappa shape index (κ2) is 10.1. The van der Waals surface area contributed by atoms with Gasteiger partial charge in [0.05, 0.1) is 17.3 Å². The molecular formula is C24H18Cl3FN2O4. The fourth-order valence-electron chi connectivity index (χ4n) is 3.35. The number of carbonyl (C=O) groups excluding carboxylic acids is 2. The topological polar surface area (TPSA) is 67.9 Å². The van der Waals surface area contributed by atoms with Crippen molar-refractivity contribution >= 4 is 58.0 Å². The highest BCUT2D eigenvalue weighted by Crippen LogP contribution is 2.37. The summed E-state index contributed by atoms with van der Waals surface area (Å²) in [6.45, 7) is 1.28. The van der Waals surface area contributed by atoms with Gasteiger partial charge in [0, 0.05) is 21.3 Å². The number of benzene rings is 3. The van der Waals surface area contributed by atoms with Crippen LogP contribution in [0.3, 0.4) is 0 Å². The Kier molecular flexibility index (Phi) is 7.16. The molecule has 4 rings (SSSR count). The molecule has 0 aromatic heterocycles. The smallest absolute Gasteiger partial charge is 0.265 e. The monoisotopic (exact) mass is 522 g/mol. The maximum absolute atomic E-state index is 14.3. The Morgan fingerprint density at radius 3 is 2.68 bits per heavy atom. The molecule has 34 heavy (non-hydrogen) atoms. The molecular weight excluding hydrogens is 506 g/mol. The van der Waals surface area contributed by atoms with E-state index in [1.54, 1.807) is 43.3 Å². The third-order valence-electron chi connectivity index (χ3n) is 5.11. The first-order chi connectivity index (χ1) is 16.2. The van der Waals surface area contributed by atoms with Gasteiger partial charge in [0.1, 0.15) is 17.3 Å². The van der Waals surface area contributed by atoms with Gasteiger partial charge in [-0.1, -0.05) is 40.9 Å². The maximum atomic E-state index is 14.3. The van der Waals surface area contributed by atoms with E-state index in [2.05, 4.69) is 5.32 Å². The molecule has 0 radical (unpaired) electrons. The molecule has 1 aliphatic rings. The van der Waals surface area contributed by atoms with Crippen molar-refractivity contribution in [3.05, 3.63) is 81.0 Å². The van der Waals surface area contributed by atoms with Gasteiger partial charge in [-0.25, -0.2) is 4.39 Å². The molecule has 3 aromatic carbocycles. The Hall–Kier alpha value is -3.00. The summed E-state index contributed by atoms with van der Waals surface area (Å²) in [4.78, 5) is 26.7. The number of halogens is 4. The van der Waals surface area contributed by atoms with E-state index < -0.39 is 17.8 Å². The van der Waals surface area contributed by atoms with Crippen molar-refractivity contribution < 1.29 is 23.5 Å². The predicted octanol–water partition coefficient (Wildman–Crippen LogP) is 6.12. The Morgan fingerprint density at radius 2 is 1.94 bits per heavy atom. The third kappa shape index (κ3) is 5.22. The van der Waals surface area contributed by atoms with E-state index in [1.165, 1.54) is 23.1 Å². The van der Waals surface area contributed by atoms with Crippen molar-refractivity contribution in [1.29, 1.82) is 0 Å². The first kappa shape index (κ1) is 24.1. The molecule has 1 aliphatic heterocycles. The lowest BCUT2D eigenvalue weighted by Gasteiger charge is -2.30. The number of ether oxygens (including phenoxy) is 2. The van der Waals surface area contributed by atoms with Crippen LogP contribution in [0.25, 0.3) is 0 Å². The first-order valence-corrected chi connectivity index (χ1v) is 11.3. The average molecular weight is 524 g/mol. The number of amides is 2. The van der Waals surface area contributed by atoms with Crippen molar-refractivity contribution in [2.24, 2.45) is 0 Å². The highest BCUT2D eigenvalue weighted by molar-refractivity contribution is 6.35. The summed E-state index contributed by atoms with van der Waals surface area (Å²) in [5.74, 6) is -0.611. The van der Waals surface area contributed by atoms with Gasteiger partial charge >= 0.3 is 0 Å². The van der Waals surface area contributed by atoms with Crippen LogP contribution in [0.4, 0.5) is 15.8 Å². The quantitative estimate of drug-likeness (QED) is 0.423. The van der Waals surface area contributed by atoms with E-state index in [-0.39, 0.29) is 34.7 Å². The summed E-state index contributed by atoms with van der Waals surface area (Å²) >= 11 is 18.1. The predicted molar refractivity (Wildman–Crippen MR) is 130 cm³/mol. The lowest BCUT2D eigenvalue weighted by atomic mass is 10.1. The van der Waals surface area contributed by atoms with Gasteiger partial charge in [-0.2, -0.15) is 0 Å². The second-order valence-corrected chi connectivity index (χ2v) is 8.73. The van der Waals surface area contributed by atoms with Crippen molar-refractivity contribution in [3.63, 3.8) is 0 Å². The molecule has 1 heterocycles. The fourth-order valence-corrected chi connectivity index (χ4v) is 4.03. The minimum absolute atomic E-state index is 0.0906. The average Bonchev–Trinajstić information content (AvgIpc) is 2.79. The SMILES string of the molecule is CC(Oc1ccc(Cl)cc1Cl)C(=O)Nc1ccc2c(c1)N(Cc1c(F)cccc1Cl)C(=O)CO2. The largest absolute Gasteiger partial charge is 0.482 e. The van der Waals surface area contributed by atoms with Gasteiger partial charge < -0.3 is 19.7 Å². The molecule has 0 fully saturated rings. The standard InChI is InChI=1S/C24H18Cl3FN2O4/c1-13(34-21-7-5-14(25)9-18(21)27)24(32)29-15-6-8-22-20(10-15)30(23(31)12-33-22)11-16-17(26)3-2-4-19(16)28/h2-10,13H,11-12H2,1H3,(H,29,32). The molecule has 6 nitrogen and oxygen atoms in total. The number of fused-ring (bicyclic) bond motifs is 1. The van der Waals surface area contributed by atoms with E-state index in [0.29, 0.717) is 27.9 Å². The summed E-state index contributed by atoms with van der Waals surface area (Å²) in [6, 6.07) is 13.8. The van der Waals surface area contributed by atoms with E-state index in [1.807, 2.05) is 0 Å². The Balaban J connectivity index is 1.53. The van der Waals surface area contributed by atoms with Crippen molar-refractivity contribution in [2.45, 2.75) is 19.6 Å². The van der Waals surface area contributed by atoms with Crippen molar-refractivity contribution in [3.8, 4) is 11.5 Å². The molecule has 1 N–H and O–H groups in total. The molecule has 10 heteroatoms.